The largest absolute Gasteiger partial charge is 0.340 e. The maximum absolute atomic E-state index is 12.8. The van der Waals surface area contributed by atoms with Crippen molar-refractivity contribution in [3.8, 4) is 0 Å². The Labute approximate surface area is 124 Å². The normalized spacial score (nSPS) is 24.7. The Balaban J connectivity index is 1.77. The molecule has 1 aliphatic carbocycles. The van der Waals surface area contributed by atoms with Crippen LogP contribution in [0.2, 0.25) is 0 Å². The molecule has 0 bridgehead atoms. The van der Waals surface area contributed by atoms with E-state index in [0.717, 1.165) is 37.8 Å². The molecule has 0 aromatic carbocycles. The lowest BCUT2D eigenvalue weighted by Crippen LogP contribution is -2.69. The number of hydrogen-bond acceptors (Lipinski definition) is 3. The summed E-state index contributed by atoms with van der Waals surface area (Å²) in [7, 11) is 1.89. The van der Waals surface area contributed by atoms with Crippen molar-refractivity contribution in [3.63, 3.8) is 0 Å². The second-order valence-electron chi connectivity index (χ2n) is 6.15. The first-order chi connectivity index (χ1) is 10.0. The predicted octanol–water partition coefficient (Wildman–Crippen LogP) is 0.622. The smallest absolute Gasteiger partial charge is 0.249 e. The molecule has 2 heterocycles. The number of nitrogens with one attached hydrogen (secondary N) is 1. The van der Waals surface area contributed by atoms with Gasteiger partial charge in [-0.1, -0.05) is 12.8 Å². The molecule has 6 nitrogen and oxygen atoms in total. The van der Waals surface area contributed by atoms with Gasteiger partial charge in [0.05, 0.1) is 0 Å². The highest BCUT2D eigenvalue weighted by Crippen LogP contribution is 2.34. The Bertz CT molecular complexity index is 560. The zero-order valence-corrected chi connectivity index (χ0v) is 12.6. The Kier molecular flexibility index (Phi) is 3.47. The average Bonchev–Trinajstić information content (AvgIpc) is 3.07. The molecule has 1 N–H and O–H groups in total. The Morgan fingerprint density at radius 2 is 2.10 bits per heavy atom. The molecule has 1 aromatic rings. The van der Waals surface area contributed by atoms with Crippen LogP contribution in [0, 0.1) is 0 Å². The monoisotopic (exact) mass is 290 g/mol. The van der Waals surface area contributed by atoms with Crippen molar-refractivity contribution in [2.45, 2.75) is 50.6 Å². The summed E-state index contributed by atoms with van der Waals surface area (Å²) in [6.07, 6.45) is 6.03. The maximum atomic E-state index is 12.8. The Morgan fingerprint density at radius 3 is 2.71 bits per heavy atom. The Hall–Kier alpha value is -1.85. The lowest BCUT2D eigenvalue weighted by molar-refractivity contribution is -0.154. The van der Waals surface area contributed by atoms with Crippen LogP contribution in [-0.4, -0.2) is 44.6 Å². The topological polar surface area (TPSA) is 67.2 Å². The molecule has 2 amide bonds. The van der Waals surface area contributed by atoms with Gasteiger partial charge in [-0.2, -0.15) is 5.10 Å². The molecule has 21 heavy (non-hydrogen) atoms. The van der Waals surface area contributed by atoms with Crippen LogP contribution >= 0.6 is 0 Å². The van der Waals surface area contributed by atoms with E-state index in [0.29, 0.717) is 6.54 Å². The summed E-state index contributed by atoms with van der Waals surface area (Å²) < 4.78 is 1.81. The minimum atomic E-state index is -0.629. The molecule has 6 heteroatoms. The number of aryl methyl sites for hydroxylation is 1. The summed E-state index contributed by atoms with van der Waals surface area (Å²) in [5, 5.41) is 7.12. The number of nitrogens with zero attached hydrogens (tertiary/aromatic N) is 3. The van der Waals surface area contributed by atoms with Crippen LogP contribution in [0.4, 0.5) is 0 Å². The lowest BCUT2D eigenvalue weighted by Gasteiger charge is -2.43. The molecule has 1 aromatic heterocycles. The molecule has 3 rings (SSSR count). The number of carbonyl (C=O) groups is 2. The predicted molar refractivity (Wildman–Crippen MR) is 77.4 cm³/mol. The van der Waals surface area contributed by atoms with E-state index in [2.05, 4.69) is 10.4 Å². The first-order valence-electron chi connectivity index (χ1n) is 7.63. The summed E-state index contributed by atoms with van der Waals surface area (Å²) >= 11 is 0. The van der Waals surface area contributed by atoms with Crippen LogP contribution in [-0.2, 0) is 23.1 Å². The van der Waals surface area contributed by atoms with Crippen LogP contribution in [0.1, 0.15) is 38.3 Å². The second kappa shape index (κ2) is 5.16. The van der Waals surface area contributed by atoms with Crippen LogP contribution < -0.4 is 5.32 Å². The molecule has 2 aliphatic rings. The first kappa shape index (κ1) is 14.1. The van der Waals surface area contributed by atoms with Crippen molar-refractivity contribution in [2.24, 2.45) is 7.05 Å². The number of hydrogen-bond donors (Lipinski definition) is 1. The molecule has 1 unspecified atom stereocenters. The number of piperazine rings is 1. The summed E-state index contributed by atoms with van der Waals surface area (Å²) in [6, 6.07) is 1.56. The van der Waals surface area contributed by atoms with E-state index in [1.54, 1.807) is 18.0 Å². The SMILES string of the molecule is CC1C(=O)NC2(CCCC2)C(=O)N1CCc1ccnn1C. The van der Waals surface area contributed by atoms with Crippen LogP contribution in [0.5, 0.6) is 0 Å². The van der Waals surface area contributed by atoms with E-state index in [4.69, 9.17) is 0 Å². The van der Waals surface area contributed by atoms with E-state index in [1.807, 2.05) is 17.8 Å². The number of amides is 2. The van der Waals surface area contributed by atoms with Crippen molar-refractivity contribution >= 4 is 11.8 Å². The minimum Gasteiger partial charge on any atom is -0.340 e. The van der Waals surface area contributed by atoms with Crippen LogP contribution in [0.15, 0.2) is 12.3 Å². The fraction of sp³-hybridized carbons (Fsp3) is 0.667. The van der Waals surface area contributed by atoms with Crippen molar-refractivity contribution < 1.29 is 9.59 Å². The molecule has 0 radical (unpaired) electrons. The highest BCUT2D eigenvalue weighted by Gasteiger charge is 2.50. The number of aromatic nitrogens is 2. The van der Waals surface area contributed by atoms with Crippen LogP contribution in [0.3, 0.4) is 0 Å². The van der Waals surface area contributed by atoms with Gasteiger partial charge in [-0.15, -0.1) is 0 Å². The first-order valence-corrected chi connectivity index (χ1v) is 7.63. The van der Waals surface area contributed by atoms with Crippen molar-refractivity contribution in [1.29, 1.82) is 0 Å². The Morgan fingerprint density at radius 1 is 1.38 bits per heavy atom. The maximum Gasteiger partial charge on any atom is 0.249 e. The van der Waals surface area contributed by atoms with Gasteiger partial charge in [0.15, 0.2) is 0 Å². The van der Waals surface area contributed by atoms with E-state index < -0.39 is 11.6 Å². The van der Waals surface area contributed by atoms with E-state index in [-0.39, 0.29) is 11.8 Å². The number of rotatable bonds is 3. The molecule has 1 atom stereocenters. The van der Waals surface area contributed by atoms with Gasteiger partial charge in [0, 0.05) is 31.9 Å². The van der Waals surface area contributed by atoms with Gasteiger partial charge >= 0.3 is 0 Å². The van der Waals surface area contributed by atoms with E-state index in [1.165, 1.54) is 0 Å². The fourth-order valence-corrected chi connectivity index (χ4v) is 3.48. The van der Waals surface area contributed by atoms with Crippen molar-refractivity contribution in [2.75, 3.05) is 6.54 Å². The fourth-order valence-electron chi connectivity index (χ4n) is 3.48. The molecule has 1 saturated carbocycles. The van der Waals surface area contributed by atoms with Gasteiger partial charge in [-0.25, -0.2) is 0 Å². The molecule has 1 saturated heterocycles. The van der Waals surface area contributed by atoms with E-state index >= 15 is 0 Å². The third-order valence-electron chi connectivity index (χ3n) is 4.87. The van der Waals surface area contributed by atoms with Crippen molar-refractivity contribution in [1.82, 2.24) is 20.0 Å². The summed E-state index contributed by atoms with van der Waals surface area (Å²) in [5.74, 6) is 0.0655. The summed E-state index contributed by atoms with van der Waals surface area (Å²) in [4.78, 5) is 26.8. The third kappa shape index (κ3) is 2.32. The highest BCUT2D eigenvalue weighted by molar-refractivity contribution is 5.99. The lowest BCUT2D eigenvalue weighted by atomic mass is 9.91. The molecular formula is C15H22N4O2. The van der Waals surface area contributed by atoms with Gasteiger partial charge in [0.1, 0.15) is 11.6 Å². The molecule has 1 spiro atoms. The van der Waals surface area contributed by atoms with Crippen molar-refractivity contribution in [3.05, 3.63) is 18.0 Å². The summed E-state index contributed by atoms with van der Waals surface area (Å²) in [5.41, 5.74) is 0.442. The molecule has 114 valence electrons. The third-order valence-corrected chi connectivity index (χ3v) is 4.87. The standard InChI is InChI=1S/C15H22N4O2/c1-11-13(20)17-15(7-3-4-8-15)14(21)19(11)10-6-12-5-9-16-18(12)2/h5,9,11H,3-4,6-8,10H2,1-2H3,(H,17,20). The summed E-state index contributed by atoms with van der Waals surface area (Å²) in [6.45, 7) is 2.37. The highest BCUT2D eigenvalue weighted by atomic mass is 16.2. The molecule has 2 fully saturated rings. The average molecular weight is 290 g/mol. The quantitative estimate of drug-likeness (QED) is 0.887. The molecule has 1 aliphatic heterocycles. The molecular weight excluding hydrogens is 268 g/mol. The zero-order chi connectivity index (χ0) is 15.0. The van der Waals surface area contributed by atoms with E-state index in [9.17, 15) is 9.59 Å². The van der Waals surface area contributed by atoms with Gasteiger partial charge in [0.25, 0.3) is 0 Å². The van der Waals surface area contributed by atoms with Gasteiger partial charge in [-0.05, 0) is 25.8 Å². The zero-order valence-electron chi connectivity index (χ0n) is 12.6. The van der Waals surface area contributed by atoms with Gasteiger partial charge < -0.3 is 10.2 Å². The van der Waals surface area contributed by atoms with Crippen LogP contribution in [0.25, 0.3) is 0 Å². The van der Waals surface area contributed by atoms with Gasteiger partial charge in [0.2, 0.25) is 11.8 Å². The second-order valence-corrected chi connectivity index (χ2v) is 6.15. The number of carbonyl (C=O) groups excluding carboxylic acids is 2. The minimum absolute atomic E-state index is 0.0264. The van der Waals surface area contributed by atoms with Gasteiger partial charge in [-0.3, -0.25) is 14.3 Å².